The highest BCUT2D eigenvalue weighted by Gasteiger charge is 2.34. The number of aryl methyl sites for hydroxylation is 1. The Kier molecular flexibility index (Phi) is 9.92. The summed E-state index contributed by atoms with van der Waals surface area (Å²) in [7, 11) is 2.98. The third-order valence-corrected chi connectivity index (χ3v) is 8.56. The average molecular weight is 680 g/mol. The minimum atomic E-state index is -0.928. The normalized spacial score (nSPS) is 14.8. The summed E-state index contributed by atoms with van der Waals surface area (Å²) < 4.78 is 11.2. The van der Waals surface area contributed by atoms with E-state index >= 15 is 0 Å². The van der Waals surface area contributed by atoms with E-state index in [0.29, 0.717) is 20.8 Å². The SMILES string of the molecule is COc1ccc(N(NC(=O)Cc2cc(OC)c(C(=O)ON3C(=O)CCC3=O)cc2Br)c2c(C)cccc2N2CCCCC2)cc1. The quantitative estimate of drug-likeness (QED) is 0.222. The van der Waals surface area contributed by atoms with E-state index in [9.17, 15) is 19.2 Å². The molecule has 2 fully saturated rings. The van der Waals surface area contributed by atoms with E-state index in [0.717, 1.165) is 48.6 Å². The molecule has 2 saturated heterocycles. The van der Waals surface area contributed by atoms with Crippen LogP contribution in [0.3, 0.4) is 0 Å². The predicted octanol–water partition coefficient (Wildman–Crippen LogP) is 5.40. The van der Waals surface area contributed by atoms with Crippen molar-refractivity contribution in [3.05, 3.63) is 75.8 Å². The highest BCUT2D eigenvalue weighted by atomic mass is 79.9. The number of carbonyl (C=O) groups is 4. The summed E-state index contributed by atoms with van der Waals surface area (Å²) >= 11 is 3.47. The lowest BCUT2D eigenvalue weighted by Gasteiger charge is -2.35. The molecule has 236 valence electrons. The number of imide groups is 1. The lowest BCUT2D eigenvalue weighted by molar-refractivity contribution is -0.172. The van der Waals surface area contributed by atoms with Crippen molar-refractivity contribution in [3.63, 3.8) is 0 Å². The van der Waals surface area contributed by atoms with Gasteiger partial charge >= 0.3 is 5.97 Å². The first-order valence-electron chi connectivity index (χ1n) is 14.7. The van der Waals surface area contributed by atoms with Gasteiger partial charge in [0.2, 0.25) is 5.91 Å². The van der Waals surface area contributed by atoms with Gasteiger partial charge in [-0.2, -0.15) is 0 Å². The highest BCUT2D eigenvalue weighted by Crippen LogP contribution is 2.38. The van der Waals surface area contributed by atoms with Gasteiger partial charge in [0.1, 0.15) is 17.1 Å². The first-order chi connectivity index (χ1) is 21.7. The fourth-order valence-corrected chi connectivity index (χ4v) is 5.98. The van der Waals surface area contributed by atoms with Gasteiger partial charge < -0.3 is 19.2 Å². The second-order valence-electron chi connectivity index (χ2n) is 10.8. The molecule has 0 saturated carbocycles. The number of halogens is 1. The van der Waals surface area contributed by atoms with Gasteiger partial charge in [-0.3, -0.25) is 24.8 Å². The third-order valence-electron chi connectivity index (χ3n) is 7.82. The molecule has 2 heterocycles. The van der Waals surface area contributed by atoms with Crippen LogP contribution in [-0.2, 0) is 25.6 Å². The number of methoxy groups -OCH3 is 2. The maximum Gasteiger partial charge on any atom is 0.367 e. The topological polar surface area (TPSA) is 118 Å². The molecule has 5 rings (SSSR count). The summed E-state index contributed by atoms with van der Waals surface area (Å²) in [6, 6.07) is 16.6. The number of piperidine rings is 1. The molecular formula is C33H35BrN4O7. The highest BCUT2D eigenvalue weighted by molar-refractivity contribution is 9.10. The molecule has 12 heteroatoms. The van der Waals surface area contributed by atoms with Crippen molar-refractivity contribution in [2.24, 2.45) is 0 Å². The van der Waals surface area contributed by atoms with Crippen LogP contribution in [0.5, 0.6) is 11.5 Å². The van der Waals surface area contributed by atoms with Crippen molar-refractivity contribution in [2.75, 3.05) is 37.2 Å². The number of hydroxylamine groups is 2. The molecule has 0 aliphatic carbocycles. The van der Waals surface area contributed by atoms with Crippen molar-refractivity contribution < 1.29 is 33.5 Å². The molecular weight excluding hydrogens is 644 g/mol. The number of anilines is 3. The first-order valence-corrected chi connectivity index (χ1v) is 15.5. The Labute approximate surface area is 270 Å². The van der Waals surface area contributed by atoms with Gasteiger partial charge in [-0.15, -0.1) is 5.06 Å². The summed E-state index contributed by atoms with van der Waals surface area (Å²) in [5, 5.41) is 2.29. The summed E-state index contributed by atoms with van der Waals surface area (Å²) in [4.78, 5) is 57.9. The van der Waals surface area contributed by atoms with Gasteiger partial charge in [0.05, 0.1) is 37.7 Å². The van der Waals surface area contributed by atoms with E-state index < -0.39 is 17.8 Å². The number of carbonyl (C=O) groups excluding carboxylic acids is 4. The van der Waals surface area contributed by atoms with Gasteiger partial charge in [-0.25, -0.2) is 4.79 Å². The Hall–Kier alpha value is -4.58. The van der Waals surface area contributed by atoms with Crippen molar-refractivity contribution in [1.29, 1.82) is 0 Å². The molecule has 2 aliphatic heterocycles. The van der Waals surface area contributed by atoms with Crippen LogP contribution in [-0.4, -0.2) is 56.1 Å². The molecule has 0 bridgehead atoms. The zero-order valence-corrected chi connectivity index (χ0v) is 27.0. The molecule has 0 atom stereocenters. The van der Waals surface area contributed by atoms with Crippen LogP contribution in [0.15, 0.2) is 59.1 Å². The number of hydrazine groups is 1. The second kappa shape index (κ2) is 14.0. The molecule has 3 aromatic carbocycles. The molecule has 45 heavy (non-hydrogen) atoms. The monoisotopic (exact) mass is 678 g/mol. The Morgan fingerprint density at radius 1 is 0.933 bits per heavy atom. The zero-order valence-electron chi connectivity index (χ0n) is 25.4. The van der Waals surface area contributed by atoms with Crippen LogP contribution in [0.4, 0.5) is 17.1 Å². The minimum Gasteiger partial charge on any atom is -0.497 e. The van der Waals surface area contributed by atoms with Crippen molar-refractivity contribution in [3.8, 4) is 11.5 Å². The molecule has 0 radical (unpaired) electrons. The molecule has 0 unspecified atom stereocenters. The molecule has 0 spiro atoms. The largest absolute Gasteiger partial charge is 0.497 e. The third kappa shape index (κ3) is 7.06. The zero-order chi connectivity index (χ0) is 32.1. The van der Waals surface area contributed by atoms with Crippen molar-refractivity contribution in [1.82, 2.24) is 10.5 Å². The van der Waals surface area contributed by atoms with E-state index in [4.69, 9.17) is 14.3 Å². The van der Waals surface area contributed by atoms with Gasteiger partial charge in [0.25, 0.3) is 11.8 Å². The van der Waals surface area contributed by atoms with Gasteiger partial charge in [0.15, 0.2) is 0 Å². The number of hydrogen-bond acceptors (Lipinski definition) is 9. The number of ether oxygens (including phenoxy) is 2. The van der Waals surface area contributed by atoms with Gasteiger partial charge in [-0.05, 0) is 79.8 Å². The van der Waals surface area contributed by atoms with Gasteiger partial charge in [-0.1, -0.05) is 28.1 Å². The van der Waals surface area contributed by atoms with Crippen LogP contribution < -0.4 is 24.8 Å². The lowest BCUT2D eigenvalue weighted by atomic mass is 10.1. The van der Waals surface area contributed by atoms with E-state index in [1.165, 1.54) is 19.6 Å². The Morgan fingerprint density at radius 3 is 2.27 bits per heavy atom. The molecule has 3 aromatic rings. The number of rotatable bonds is 10. The van der Waals surface area contributed by atoms with Gasteiger partial charge in [0, 0.05) is 30.4 Å². The van der Waals surface area contributed by atoms with Crippen LogP contribution >= 0.6 is 15.9 Å². The van der Waals surface area contributed by atoms with E-state index in [2.05, 4.69) is 32.3 Å². The number of nitrogens with zero attached hydrogens (tertiary/aromatic N) is 3. The number of hydrogen-bond donors (Lipinski definition) is 1. The fourth-order valence-electron chi connectivity index (χ4n) is 5.49. The maximum absolute atomic E-state index is 13.7. The fraction of sp³-hybridized carbons (Fsp3) is 0.333. The van der Waals surface area contributed by atoms with Crippen LogP contribution in [0.2, 0.25) is 0 Å². The van der Waals surface area contributed by atoms with Crippen LogP contribution in [0.1, 0.15) is 53.6 Å². The van der Waals surface area contributed by atoms with Crippen LogP contribution in [0, 0.1) is 6.92 Å². The Balaban J connectivity index is 1.43. The summed E-state index contributed by atoms with van der Waals surface area (Å²) in [5.41, 5.74) is 7.30. The van der Waals surface area contributed by atoms with Crippen LogP contribution in [0.25, 0.3) is 0 Å². The molecule has 0 aromatic heterocycles. The number of benzene rings is 3. The molecule has 2 aliphatic rings. The predicted molar refractivity (Wildman–Crippen MR) is 171 cm³/mol. The summed E-state index contributed by atoms with van der Waals surface area (Å²) in [6.07, 6.45) is 3.30. The van der Waals surface area contributed by atoms with E-state index in [-0.39, 0.29) is 36.5 Å². The second-order valence-corrected chi connectivity index (χ2v) is 11.7. The molecule has 3 amide bonds. The average Bonchev–Trinajstić information content (AvgIpc) is 3.37. The molecule has 11 nitrogen and oxygen atoms in total. The lowest BCUT2D eigenvalue weighted by Crippen LogP contribution is -2.41. The Morgan fingerprint density at radius 2 is 1.62 bits per heavy atom. The Bertz CT molecular complexity index is 1590. The number of amides is 3. The number of nitrogens with one attached hydrogen (secondary N) is 1. The van der Waals surface area contributed by atoms with E-state index in [1.807, 2.05) is 48.3 Å². The van der Waals surface area contributed by atoms with E-state index in [1.54, 1.807) is 13.2 Å². The van der Waals surface area contributed by atoms with Crippen molar-refractivity contribution in [2.45, 2.75) is 45.4 Å². The molecule has 1 N–H and O–H groups in total. The summed E-state index contributed by atoms with van der Waals surface area (Å²) in [6.45, 7) is 3.89. The number of para-hydroxylation sites is 1. The first kappa shape index (κ1) is 31.8. The minimum absolute atomic E-state index is 0.00743. The maximum atomic E-state index is 13.7. The van der Waals surface area contributed by atoms with Crippen molar-refractivity contribution >= 4 is 56.7 Å². The summed E-state index contributed by atoms with van der Waals surface area (Å²) in [5.74, 6) is -1.59. The smallest absolute Gasteiger partial charge is 0.367 e. The standard InChI is InChI=1S/C33H35BrN4O7/c1-21-8-7-9-27(36-16-5-4-6-17-36)32(21)37(23-10-12-24(43-2)13-11-23)35-29(39)19-22-18-28(44-3)25(20-26(22)34)33(42)45-38-30(40)14-15-31(38)41/h7-13,18,20H,4-6,14-17,19H2,1-3H3,(H,35,39).